The molecule has 1 amide bonds. The first-order valence-electron chi connectivity index (χ1n) is 12.8. The molecule has 1 saturated carbocycles. The SMILES string of the molecule is CN(C)c1nc(NC2CCC(NC(=O)c3cccc4ccccc34)CC2)nc2ccccc12.O=C(O)C(F)(F)F. The van der Waals surface area contributed by atoms with Crippen molar-refractivity contribution in [1.82, 2.24) is 15.3 Å². The largest absolute Gasteiger partial charge is 0.490 e. The molecule has 1 aliphatic carbocycles. The first-order chi connectivity index (χ1) is 19.0. The summed E-state index contributed by atoms with van der Waals surface area (Å²) in [4.78, 5) is 33.4. The van der Waals surface area contributed by atoms with Crippen LogP contribution in [0.1, 0.15) is 36.0 Å². The van der Waals surface area contributed by atoms with Crippen LogP contribution in [0, 0.1) is 0 Å². The minimum absolute atomic E-state index is 0.0108. The normalized spacial score (nSPS) is 17.0. The average molecular weight is 554 g/mol. The number of amides is 1. The summed E-state index contributed by atoms with van der Waals surface area (Å²) in [7, 11) is 4.00. The lowest BCUT2D eigenvalue weighted by molar-refractivity contribution is -0.192. The summed E-state index contributed by atoms with van der Waals surface area (Å²) in [6, 6.07) is 22.5. The van der Waals surface area contributed by atoms with Gasteiger partial charge in [-0.2, -0.15) is 18.2 Å². The van der Waals surface area contributed by atoms with E-state index >= 15 is 0 Å². The molecule has 0 aliphatic heterocycles. The molecule has 8 nitrogen and oxygen atoms in total. The lowest BCUT2D eigenvalue weighted by atomic mass is 9.91. The Kier molecular flexibility index (Phi) is 8.71. The summed E-state index contributed by atoms with van der Waals surface area (Å²) in [5.41, 5.74) is 1.68. The first-order valence-corrected chi connectivity index (χ1v) is 12.8. The van der Waals surface area contributed by atoms with Crippen LogP contribution in [-0.4, -0.2) is 59.3 Å². The van der Waals surface area contributed by atoms with Crippen LogP contribution in [0.3, 0.4) is 0 Å². The van der Waals surface area contributed by atoms with Gasteiger partial charge in [0.1, 0.15) is 5.82 Å². The molecule has 3 aromatic carbocycles. The van der Waals surface area contributed by atoms with Gasteiger partial charge in [-0.1, -0.05) is 48.5 Å². The number of hydrogen-bond acceptors (Lipinski definition) is 6. The number of aromatic nitrogens is 2. The molecular weight excluding hydrogens is 523 g/mol. The number of benzene rings is 3. The van der Waals surface area contributed by atoms with Crippen molar-refractivity contribution in [2.75, 3.05) is 24.3 Å². The second-order valence-corrected chi connectivity index (χ2v) is 9.78. The van der Waals surface area contributed by atoms with Crippen molar-refractivity contribution in [1.29, 1.82) is 0 Å². The van der Waals surface area contributed by atoms with Gasteiger partial charge in [-0.05, 0) is 54.7 Å². The molecule has 1 aliphatic rings. The van der Waals surface area contributed by atoms with Gasteiger partial charge in [0.25, 0.3) is 5.91 Å². The number of hydrogen-bond donors (Lipinski definition) is 3. The third kappa shape index (κ3) is 6.96. The fourth-order valence-electron chi connectivity index (χ4n) is 4.72. The van der Waals surface area contributed by atoms with E-state index in [1.807, 2.05) is 79.7 Å². The van der Waals surface area contributed by atoms with Crippen molar-refractivity contribution in [2.45, 2.75) is 43.9 Å². The Labute approximate surface area is 229 Å². The fraction of sp³-hybridized carbons (Fsp3) is 0.310. The van der Waals surface area contributed by atoms with Crippen molar-refractivity contribution in [3.8, 4) is 0 Å². The third-order valence-electron chi connectivity index (χ3n) is 6.68. The molecule has 1 heterocycles. The minimum atomic E-state index is -5.08. The van der Waals surface area contributed by atoms with E-state index in [0.29, 0.717) is 12.0 Å². The molecule has 0 unspecified atom stereocenters. The van der Waals surface area contributed by atoms with E-state index in [1.165, 1.54) is 0 Å². The van der Waals surface area contributed by atoms with E-state index in [4.69, 9.17) is 19.9 Å². The quantitative estimate of drug-likeness (QED) is 0.294. The van der Waals surface area contributed by atoms with Gasteiger partial charge in [-0.3, -0.25) is 4.79 Å². The van der Waals surface area contributed by atoms with Crippen molar-refractivity contribution in [3.05, 3.63) is 72.3 Å². The number of carboxylic acid groups (broad SMARTS) is 1. The number of carbonyl (C=O) groups is 2. The number of nitrogens with zero attached hydrogens (tertiary/aromatic N) is 3. The zero-order chi connectivity index (χ0) is 28.9. The molecule has 3 N–H and O–H groups in total. The Morgan fingerprint density at radius 2 is 1.43 bits per heavy atom. The van der Waals surface area contributed by atoms with Gasteiger partial charge in [0.15, 0.2) is 0 Å². The van der Waals surface area contributed by atoms with Crippen LogP contribution in [0.2, 0.25) is 0 Å². The molecule has 0 spiro atoms. The van der Waals surface area contributed by atoms with Crippen molar-refractivity contribution in [3.63, 3.8) is 0 Å². The summed E-state index contributed by atoms with van der Waals surface area (Å²) in [5.74, 6) is -1.16. The Balaban J connectivity index is 0.000000470. The van der Waals surface area contributed by atoms with Crippen LogP contribution in [-0.2, 0) is 4.79 Å². The predicted octanol–water partition coefficient (Wildman–Crippen LogP) is 5.64. The van der Waals surface area contributed by atoms with E-state index in [0.717, 1.165) is 58.7 Å². The predicted molar refractivity (Wildman–Crippen MR) is 149 cm³/mol. The highest BCUT2D eigenvalue weighted by atomic mass is 19.4. The van der Waals surface area contributed by atoms with Crippen LogP contribution in [0.15, 0.2) is 66.7 Å². The second-order valence-electron chi connectivity index (χ2n) is 9.78. The molecule has 0 saturated heterocycles. The Hall–Kier alpha value is -4.41. The molecule has 0 radical (unpaired) electrons. The van der Waals surface area contributed by atoms with Gasteiger partial charge in [-0.25, -0.2) is 9.78 Å². The number of halogens is 3. The number of para-hydroxylation sites is 1. The monoisotopic (exact) mass is 553 g/mol. The number of alkyl halides is 3. The third-order valence-corrected chi connectivity index (χ3v) is 6.68. The van der Waals surface area contributed by atoms with E-state index in [1.54, 1.807) is 0 Å². The molecular formula is C29H30F3N5O3. The maximum Gasteiger partial charge on any atom is 0.490 e. The van der Waals surface area contributed by atoms with Crippen LogP contribution in [0.25, 0.3) is 21.7 Å². The lowest BCUT2D eigenvalue weighted by Crippen LogP contribution is -2.40. The topological polar surface area (TPSA) is 107 Å². The van der Waals surface area contributed by atoms with E-state index in [-0.39, 0.29) is 11.9 Å². The summed E-state index contributed by atoms with van der Waals surface area (Å²) in [6.07, 6.45) is -1.29. The van der Waals surface area contributed by atoms with E-state index < -0.39 is 12.1 Å². The number of anilines is 2. The van der Waals surface area contributed by atoms with Gasteiger partial charge < -0.3 is 20.6 Å². The fourth-order valence-corrected chi connectivity index (χ4v) is 4.72. The summed E-state index contributed by atoms with van der Waals surface area (Å²) < 4.78 is 31.7. The van der Waals surface area contributed by atoms with Crippen molar-refractivity contribution < 1.29 is 27.9 Å². The molecule has 4 aromatic rings. The Morgan fingerprint density at radius 3 is 2.08 bits per heavy atom. The van der Waals surface area contributed by atoms with Gasteiger partial charge in [0.05, 0.1) is 5.52 Å². The number of carbonyl (C=O) groups excluding carboxylic acids is 1. The number of rotatable bonds is 5. The zero-order valence-corrected chi connectivity index (χ0v) is 22.1. The maximum absolute atomic E-state index is 13.0. The standard InChI is InChI=1S/C27H29N5O.C2HF3O2/c1-32(2)25-23-11-5-6-13-24(23)30-27(31-25)29-20-16-14-19(15-17-20)28-26(33)22-12-7-9-18-8-3-4-10-21(18)22;3-2(4,5)1(6)7/h3-13,19-20H,14-17H2,1-2H3,(H,28,33)(H,29,30,31);(H,6,7). The lowest BCUT2D eigenvalue weighted by Gasteiger charge is -2.30. The maximum atomic E-state index is 13.0. The molecule has 40 heavy (non-hydrogen) atoms. The summed E-state index contributed by atoms with van der Waals surface area (Å²) in [5, 5.41) is 17.1. The highest BCUT2D eigenvalue weighted by Gasteiger charge is 2.38. The van der Waals surface area contributed by atoms with Crippen LogP contribution < -0.4 is 15.5 Å². The van der Waals surface area contributed by atoms with Crippen LogP contribution in [0.5, 0.6) is 0 Å². The van der Waals surface area contributed by atoms with Crippen molar-refractivity contribution >= 4 is 45.3 Å². The number of fused-ring (bicyclic) bond motifs is 2. The molecule has 1 aromatic heterocycles. The smallest absolute Gasteiger partial charge is 0.475 e. The molecule has 0 bridgehead atoms. The van der Waals surface area contributed by atoms with Crippen molar-refractivity contribution in [2.24, 2.45) is 0 Å². The number of carboxylic acids is 1. The Bertz CT molecular complexity index is 1500. The van der Waals surface area contributed by atoms with Gasteiger partial charge >= 0.3 is 12.1 Å². The Morgan fingerprint density at radius 1 is 0.850 bits per heavy atom. The van der Waals surface area contributed by atoms with E-state index in [9.17, 15) is 18.0 Å². The highest BCUT2D eigenvalue weighted by molar-refractivity contribution is 6.07. The number of aliphatic carboxylic acids is 1. The average Bonchev–Trinajstić information content (AvgIpc) is 2.93. The van der Waals surface area contributed by atoms with E-state index in [2.05, 4.69) is 16.7 Å². The molecule has 1 fully saturated rings. The van der Waals surface area contributed by atoms with Gasteiger partial charge in [0, 0.05) is 37.1 Å². The van der Waals surface area contributed by atoms with Crippen LogP contribution >= 0.6 is 0 Å². The van der Waals surface area contributed by atoms with Crippen LogP contribution in [0.4, 0.5) is 24.9 Å². The van der Waals surface area contributed by atoms with Gasteiger partial charge in [-0.15, -0.1) is 0 Å². The molecule has 210 valence electrons. The van der Waals surface area contributed by atoms with Gasteiger partial charge in [0.2, 0.25) is 5.95 Å². The molecule has 11 heteroatoms. The summed E-state index contributed by atoms with van der Waals surface area (Å²) in [6.45, 7) is 0. The highest BCUT2D eigenvalue weighted by Crippen LogP contribution is 2.27. The molecule has 0 atom stereocenters. The first kappa shape index (κ1) is 28.6. The summed E-state index contributed by atoms with van der Waals surface area (Å²) >= 11 is 0. The molecule has 5 rings (SSSR count). The second kappa shape index (κ2) is 12.2. The minimum Gasteiger partial charge on any atom is -0.475 e. The number of nitrogens with one attached hydrogen (secondary N) is 2. The zero-order valence-electron chi connectivity index (χ0n) is 22.1.